The number of alkyl halides is 3. The highest BCUT2D eigenvalue weighted by molar-refractivity contribution is 6.30. The fourth-order valence-corrected chi connectivity index (χ4v) is 2.83. The molecule has 10 heteroatoms. The van der Waals surface area contributed by atoms with Gasteiger partial charge in [0, 0.05) is 17.4 Å². The first-order chi connectivity index (χ1) is 16.2. The number of carbonyl (C=O) groups excluding carboxylic acids is 2. The molecule has 2 amide bonds. The van der Waals surface area contributed by atoms with Crippen LogP contribution in [-0.2, 0) is 22.1 Å². The third kappa shape index (κ3) is 9.21. The van der Waals surface area contributed by atoms with Gasteiger partial charge < -0.3 is 10.5 Å². The van der Waals surface area contributed by atoms with Crippen molar-refractivity contribution in [3.63, 3.8) is 0 Å². The van der Waals surface area contributed by atoms with Gasteiger partial charge in [-0.1, -0.05) is 66.2 Å². The summed E-state index contributed by atoms with van der Waals surface area (Å²) in [5.41, 5.74) is 4.89. The van der Waals surface area contributed by atoms with Crippen molar-refractivity contribution >= 4 is 23.6 Å². The van der Waals surface area contributed by atoms with Crippen molar-refractivity contribution in [2.45, 2.75) is 18.6 Å². The minimum atomic E-state index is -4.52. The van der Waals surface area contributed by atoms with Crippen molar-refractivity contribution in [2.24, 2.45) is 5.73 Å². The van der Waals surface area contributed by atoms with Gasteiger partial charge in [-0.25, -0.2) is 9.69 Å². The molecular formula is C24H23ClF3N3O3. The lowest BCUT2D eigenvalue weighted by molar-refractivity contribution is -0.137. The Kier molecular flexibility index (Phi) is 10.5. The van der Waals surface area contributed by atoms with Crippen molar-refractivity contribution in [2.75, 3.05) is 13.2 Å². The second kappa shape index (κ2) is 13.3. The lowest BCUT2D eigenvalue weighted by atomic mass is 10.1. The minimum absolute atomic E-state index is 0.0857. The molecule has 1 unspecified atom stereocenters. The highest BCUT2D eigenvalue weighted by atomic mass is 35.5. The number of ether oxygens (including phenoxy) is 1. The normalized spacial score (nSPS) is 13.6. The van der Waals surface area contributed by atoms with E-state index in [0.717, 1.165) is 16.0 Å². The van der Waals surface area contributed by atoms with Crippen molar-refractivity contribution in [1.82, 2.24) is 9.88 Å². The summed E-state index contributed by atoms with van der Waals surface area (Å²) < 4.78 is 42.3. The van der Waals surface area contributed by atoms with Gasteiger partial charge in [0.1, 0.15) is 6.61 Å². The SMILES string of the molecule is Clc1ccccc1.NC(Cc1cncc(C(F)(F)F)c1)C(=O)N1CCOC1=O.c1ccccc1. The van der Waals surface area contributed by atoms with Crippen LogP contribution in [0.3, 0.4) is 0 Å². The van der Waals surface area contributed by atoms with Gasteiger partial charge in [0.25, 0.3) is 0 Å². The fourth-order valence-electron chi connectivity index (χ4n) is 2.69. The number of rotatable bonds is 3. The zero-order valence-electron chi connectivity index (χ0n) is 18.0. The first-order valence-electron chi connectivity index (χ1n) is 10.1. The van der Waals surface area contributed by atoms with Crippen LogP contribution >= 0.6 is 11.6 Å². The van der Waals surface area contributed by atoms with Gasteiger partial charge in [-0.15, -0.1) is 0 Å². The maximum Gasteiger partial charge on any atom is 0.417 e. The van der Waals surface area contributed by atoms with E-state index >= 15 is 0 Å². The molecule has 3 aromatic rings. The lowest BCUT2D eigenvalue weighted by Gasteiger charge is -2.17. The van der Waals surface area contributed by atoms with E-state index in [-0.39, 0.29) is 25.1 Å². The average Bonchev–Trinajstić information content (AvgIpc) is 3.26. The fraction of sp³-hybridized carbons (Fsp3) is 0.208. The Hall–Kier alpha value is -3.43. The van der Waals surface area contributed by atoms with Gasteiger partial charge >= 0.3 is 12.3 Å². The zero-order chi connectivity index (χ0) is 25.0. The molecule has 1 fully saturated rings. The first-order valence-corrected chi connectivity index (χ1v) is 10.5. The molecule has 1 atom stereocenters. The van der Waals surface area contributed by atoms with Crippen molar-refractivity contribution < 1.29 is 27.5 Å². The molecular weight excluding hydrogens is 471 g/mol. The monoisotopic (exact) mass is 493 g/mol. The number of hydrogen-bond acceptors (Lipinski definition) is 5. The summed E-state index contributed by atoms with van der Waals surface area (Å²) in [4.78, 5) is 27.4. The Morgan fingerprint density at radius 1 is 1.06 bits per heavy atom. The number of aromatic nitrogens is 1. The topological polar surface area (TPSA) is 85.5 Å². The number of hydrogen-bond donors (Lipinski definition) is 1. The van der Waals surface area contributed by atoms with Gasteiger partial charge in [0.2, 0.25) is 5.91 Å². The molecule has 2 heterocycles. The van der Waals surface area contributed by atoms with Crippen molar-refractivity contribution in [1.29, 1.82) is 0 Å². The summed E-state index contributed by atoms with van der Waals surface area (Å²) in [5, 5.41) is 0.794. The third-order valence-corrected chi connectivity index (χ3v) is 4.57. The Balaban J connectivity index is 0.000000253. The van der Waals surface area contributed by atoms with E-state index < -0.39 is 29.8 Å². The number of halogens is 4. The number of pyridine rings is 1. The number of imide groups is 1. The number of nitrogens with zero attached hydrogens (tertiary/aromatic N) is 2. The maximum absolute atomic E-state index is 12.6. The molecule has 6 nitrogen and oxygen atoms in total. The van der Waals surface area contributed by atoms with Crippen LogP contribution in [0.5, 0.6) is 0 Å². The molecule has 2 N–H and O–H groups in total. The summed E-state index contributed by atoms with van der Waals surface area (Å²) in [5.74, 6) is -0.685. The third-order valence-electron chi connectivity index (χ3n) is 4.32. The van der Waals surface area contributed by atoms with E-state index in [2.05, 4.69) is 9.72 Å². The second-order valence-corrected chi connectivity index (χ2v) is 7.38. The average molecular weight is 494 g/mol. The van der Waals surface area contributed by atoms with Gasteiger partial charge in [-0.3, -0.25) is 9.78 Å². The second-order valence-electron chi connectivity index (χ2n) is 6.94. The molecule has 2 aromatic carbocycles. The summed E-state index contributed by atoms with van der Waals surface area (Å²) in [7, 11) is 0. The lowest BCUT2D eigenvalue weighted by Crippen LogP contribution is -2.45. The quantitative estimate of drug-likeness (QED) is 0.556. The Labute approximate surface area is 200 Å². The van der Waals surface area contributed by atoms with Crippen LogP contribution in [0.25, 0.3) is 0 Å². The van der Waals surface area contributed by atoms with Gasteiger partial charge in [0.15, 0.2) is 0 Å². The molecule has 0 aliphatic carbocycles. The van der Waals surface area contributed by atoms with E-state index in [9.17, 15) is 22.8 Å². The van der Waals surface area contributed by atoms with Crippen LogP contribution in [-0.4, -0.2) is 41.1 Å². The Morgan fingerprint density at radius 3 is 2.06 bits per heavy atom. The molecule has 0 spiro atoms. The molecule has 1 aliphatic heterocycles. The number of amides is 2. The largest absolute Gasteiger partial charge is 0.447 e. The highest BCUT2D eigenvalue weighted by Crippen LogP contribution is 2.29. The Morgan fingerprint density at radius 2 is 1.62 bits per heavy atom. The van der Waals surface area contributed by atoms with Crippen LogP contribution < -0.4 is 5.73 Å². The van der Waals surface area contributed by atoms with Crippen molar-refractivity contribution in [3.8, 4) is 0 Å². The van der Waals surface area contributed by atoms with Crippen LogP contribution in [0.1, 0.15) is 11.1 Å². The maximum atomic E-state index is 12.6. The standard InChI is InChI=1S/C12H12F3N3O3.C6H5Cl.C6H6/c13-12(14,15)8-3-7(5-17-6-8)4-9(16)10(19)18-1-2-21-11(18)20;7-6-4-2-1-3-5-6;1-2-4-6-5-3-1/h3,5-6,9H,1-2,4,16H2;1-5H;1-6H. The van der Waals surface area contributed by atoms with Gasteiger partial charge in [-0.05, 0) is 30.2 Å². The first kappa shape index (κ1) is 26.8. The predicted octanol–water partition coefficient (Wildman–Crippen LogP) is 4.98. The van der Waals surface area contributed by atoms with Gasteiger partial charge in [0.05, 0.1) is 18.2 Å². The summed E-state index contributed by atoms with van der Waals surface area (Å²) in [6.07, 6.45) is -3.58. The highest BCUT2D eigenvalue weighted by Gasteiger charge is 2.33. The van der Waals surface area contributed by atoms with E-state index in [1.54, 1.807) is 0 Å². The molecule has 0 bridgehead atoms. The number of carbonyl (C=O) groups is 2. The van der Waals surface area contributed by atoms with E-state index in [1.165, 1.54) is 6.20 Å². The van der Waals surface area contributed by atoms with E-state index in [4.69, 9.17) is 17.3 Å². The van der Waals surface area contributed by atoms with Crippen LogP contribution in [0.4, 0.5) is 18.0 Å². The molecule has 1 saturated heterocycles. The predicted molar refractivity (Wildman–Crippen MR) is 122 cm³/mol. The zero-order valence-corrected chi connectivity index (χ0v) is 18.7. The molecule has 1 aromatic heterocycles. The van der Waals surface area contributed by atoms with E-state index in [1.807, 2.05) is 66.7 Å². The number of nitrogens with two attached hydrogens (primary N) is 1. The van der Waals surface area contributed by atoms with Crippen LogP contribution in [0, 0.1) is 0 Å². The molecule has 1 aliphatic rings. The van der Waals surface area contributed by atoms with Gasteiger partial charge in [-0.2, -0.15) is 13.2 Å². The Bertz CT molecular complexity index is 1010. The van der Waals surface area contributed by atoms with E-state index in [0.29, 0.717) is 6.20 Å². The van der Waals surface area contributed by atoms with Crippen molar-refractivity contribution in [3.05, 3.63) is 101 Å². The molecule has 4 rings (SSSR count). The summed E-state index contributed by atoms with van der Waals surface area (Å²) in [6, 6.07) is 21.2. The van der Waals surface area contributed by atoms with Crippen LogP contribution in [0.15, 0.2) is 85.2 Å². The molecule has 180 valence electrons. The molecule has 0 saturated carbocycles. The summed E-state index contributed by atoms with van der Waals surface area (Å²) in [6.45, 7) is 0.175. The summed E-state index contributed by atoms with van der Waals surface area (Å²) >= 11 is 5.54. The molecule has 34 heavy (non-hydrogen) atoms. The number of benzene rings is 2. The molecule has 0 radical (unpaired) electrons. The number of cyclic esters (lactones) is 1. The minimum Gasteiger partial charge on any atom is -0.447 e. The smallest absolute Gasteiger partial charge is 0.417 e. The van der Waals surface area contributed by atoms with Crippen LogP contribution in [0.2, 0.25) is 5.02 Å².